The highest BCUT2D eigenvalue weighted by molar-refractivity contribution is 9.10. The third-order valence-electron chi connectivity index (χ3n) is 2.72. The standard InChI is InChI=1S/C13H13BrN2O3/c1-8-12(14)11(16(2)15-8)7-19-10-5-3-4-9(6-10)13(17)18/h3-6H,7H2,1-2H3,(H,17,18). The monoisotopic (exact) mass is 324 g/mol. The van der Waals surface area contributed by atoms with Crippen LogP contribution in [0.25, 0.3) is 0 Å². The first kappa shape index (κ1) is 13.6. The molecule has 0 aliphatic carbocycles. The highest BCUT2D eigenvalue weighted by Gasteiger charge is 2.11. The van der Waals surface area contributed by atoms with Crippen LogP contribution in [0.5, 0.6) is 5.75 Å². The van der Waals surface area contributed by atoms with E-state index in [0.29, 0.717) is 12.4 Å². The van der Waals surface area contributed by atoms with Crippen molar-refractivity contribution in [3.05, 3.63) is 45.7 Å². The minimum absolute atomic E-state index is 0.206. The second-order valence-corrected chi connectivity index (χ2v) is 4.88. The normalized spacial score (nSPS) is 10.5. The average Bonchev–Trinajstić information content (AvgIpc) is 2.61. The molecule has 6 heteroatoms. The molecular weight excluding hydrogens is 312 g/mol. The van der Waals surface area contributed by atoms with E-state index >= 15 is 0 Å². The van der Waals surface area contributed by atoms with Crippen molar-refractivity contribution in [2.45, 2.75) is 13.5 Å². The van der Waals surface area contributed by atoms with Crippen LogP contribution in [0.4, 0.5) is 0 Å². The number of nitrogens with zero attached hydrogens (tertiary/aromatic N) is 2. The Bertz CT molecular complexity index is 622. The maximum absolute atomic E-state index is 10.9. The van der Waals surface area contributed by atoms with Gasteiger partial charge in [0, 0.05) is 7.05 Å². The quantitative estimate of drug-likeness (QED) is 0.939. The fraction of sp³-hybridized carbons (Fsp3) is 0.231. The van der Waals surface area contributed by atoms with Crippen molar-refractivity contribution in [1.29, 1.82) is 0 Å². The van der Waals surface area contributed by atoms with Gasteiger partial charge in [-0.15, -0.1) is 0 Å². The molecular formula is C13H13BrN2O3. The predicted octanol–water partition coefficient (Wildman–Crippen LogP) is 2.77. The third-order valence-corrected chi connectivity index (χ3v) is 3.75. The van der Waals surface area contributed by atoms with Gasteiger partial charge in [0.05, 0.1) is 21.4 Å². The first-order valence-corrected chi connectivity index (χ1v) is 6.42. The highest BCUT2D eigenvalue weighted by atomic mass is 79.9. The van der Waals surface area contributed by atoms with Gasteiger partial charge in [-0.05, 0) is 41.1 Å². The molecule has 0 amide bonds. The summed E-state index contributed by atoms with van der Waals surface area (Å²) >= 11 is 3.45. The van der Waals surface area contributed by atoms with Gasteiger partial charge in [0.15, 0.2) is 0 Å². The van der Waals surface area contributed by atoms with Crippen molar-refractivity contribution in [3.63, 3.8) is 0 Å². The molecule has 0 spiro atoms. The molecule has 0 aliphatic heterocycles. The van der Waals surface area contributed by atoms with E-state index in [4.69, 9.17) is 9.84 Å². The molecule has 0 aliphatic rings. The van der Waals surface area contributed by atoms with Crippen LogP contribution in [0.2, 0.25) is 0 Å². The molecule has 0 saturated carbocycles. The number of carboxylic acids is 1. The molecule has 1 N–H and O–H groups in total. The molecule has 19 heavy (non-hydrogen) atoms. The number of ether oxygens (including phenoxy) is 1. The first-order valence-electron chi connectivity index (χ1n) is 5.63. The van der Waals surface area contributed by atoms with Crippen LogP contribution in [0.1, 0.15) is 21.7 Å². The van der Waals surface area contributed by atoms with Crippen LogP contribution >= 0.6 is 15.9 Å². The molecule has 2 rings (SSSR count). The number of rotatable bonds is 4. The lowest BCUT2D eigenvalue weighted by molar-refractivity contribution is 0.0696. The van der Waals surface area contributed by atoms with Gasteiger partial charge in [0.1, 0.15) is 12.4 Å². The van der Waals surface area contributed by atoms with Gasteiger partial charge >= 0.3 is 5.97 Å². The zero-order chi connectivity index (χ0) is 14.0. The first-order chi connectivity index (χ1) is 8.99. The number of hydrogen-bond acceptors (Lipinski definition) is 3. The summed E-state index contributed by atoms with van der Waals surface area (Å²) < 4.78 is 8.25. The van der Waals surface area contributed by atoms with Gasteiger partial charge in [-0.3, -0.25) is 4.68 Å². The summed E-state index contributed by atoms with van der Waals surface area (Å²) in [6.07, 6.45) is 0. The lowest BCUT2D eigenvalue weighted by Gasteiger charge is -2.07. The van der Waals surface area contributed by atoms with E-state index in [1.807, 2.05) is 14.0 Å². The van der Waals surface area contributed by atoms with Gasteiger partial charge in [-0.1, -0.05) is 6.07 Å². The molecule has 0 bridgehead atoms. The number of aromatic carboxylic acids is 1. The smallest absolute Gasteiger partial charge is 0.335 e. The van der Waals surface area contributed by atoms with E-state index in [9.17, 15) is 4.79 Å². The summed E-state index contributed by atoms with van der Waals surface area (Å²) in [6.45, 7) is 2.22. The predicted molar refractivity (Wildman–Crippen MR) is 73.4 cm³/mol. The minimum atomic E-state index is -0.969. The van der Waals surface area contributed by atoms with Crippen LogP contribution in [-0.4, -0.2) is 20.9 Å². The molecule has 2 aromatic rings. The largest absolute Gasteiger partial charge is 0.487 e. The second-order valence-electron chi connectivity index (χ2n) is 4.09. The van der Waals surface area contributed by atoms with Crippen molar-refractivity contribution in [3.8, 4) is 5.75 Å². The van der Waals surface area contributed by atoms with Gasteiger partial charge in [0.25, 0.3) is 0 Å². The van der Waals surface area contributed by atoms with Crippen LogP contribution in [0.3, 0.4) is 0 Å². The summed E-state index contributed by atoms with van der Waals surface area (Å²) in [4.78, 5) is 10.9. The van der Waals surface area contributed by atoms with Crippen LogP contribution in [-0.2, 0) is 13.7 Å². The molecule has 0 fully saturated rings. The SMILES string of the molecule is Cc1nn(C)c(COc2cccc(C(=O)O)c2)c1Br. The Kier molecular flexibility index (Phi) is 3.90. The number of aromatic nitrogens is 2. The molecule has 5 nitrogen and oxygen atoms in total. The Morgan fingerprint density at radius 2 is 2.26 bits per heavy atom. The Morgan fingerprint density at radius 1 is 1.53 bits per heavy atom. The Balaban J connectivity index is 2.14. The van der Waals surface area contributed by atoms with E-state index in [1.54, 1.807) is 16.8 Å². The number of halogens is 1. The Morgan fingerprint density at radius 3 is 2.84 bits per heavy atom. The Labute approximate surface area is 118 Å². The molecule has 1 heterocycles. The lowest BCUT2D eigenvalue weighted by atomic mass is 10.2. The topological polar surface area (TPSA) is 64.4 Å². The van der Waals surface area contributed by atoms with Gasteiger partial charge in [0.2, 0.25) is 0 Å². The summed E-state index contributed by atoms with van der Waals surface area (Å²) in [5.74, 6) is -0.450. The third kappa shape index (κ3) is 2.96. The molecule has 0 atom stereocenters. The molecule has 0 unspecified atom stereocenters. The minimum Gasteiger partial charge on any atom is -0.487 e. The maximum atomic E-state index is 10.9. The lowest BCUT2D eigenvalue weighted by Crippen LogP contribution is -2.04. The number of benzene rings is 1. The Hall–Kier alpha value is -1.82. The zero-order valence-electron chi connectivity index (χ0n) is 10.6. The summed E-state index contributed by atoms with van der Waals surface area (Å²) in [6, 6.07) is 6.41. The fourth-order valence-corrected chi connectivity index (χ4v) is 2.16. The summed E-state index contributed by atoms with van der Waals surface area (Å²) in [5.41, 5.74) is 2.00. The van der Waals surface area contributed by atoms with Crippen LogP contribution in [0, 0.1) is 6.92 Å². The molecule has 1 aromatic heterocycles. The number of hydrogen-bond donors (Lipinski definition) is 1. The number of carboxylic acid groups (broad SMARTS) is 1. The van der Waals surface area contributed by atoms with Crippen molar-refractivity contribution in [2.75, 3.05) is 0 Å². The highest BCUT2D eigenvalue weighted by Crippen LogP contribution is 2.22. The van der Waals surface area contributed by atoms with Gasteiger partial charge in [-0.25, -0.2) is 4.79 Å². The maximum Gasteiger partial charge on any atom is 0.335 e. The van der Waals surface area contributed by atoms with Crippen molar-refractivity contribution in [2.24, 2.45) is 7.05 Å². The van der Waals surface area contributed by atoms with E-state index in [1.165, 1.54) is 12.1 Å². The average molecular weight is 325 g/mol. The fourth-order valence-electron chi connectivity index (χ4n) is 1.71. The van der Waals surface area contributed by atoms with Gasteiger partial charge < -0.3 is 9.84 Å². The summed E-state index contributed by atoms with van der Waals surface area (Å²) in [7, 11) is 1.84. The van der Waals surface area contributed by atoms with Gasteiger partial charge in [-0.2, -0.15) is 5.10 Å². The van der Waals surface area contributed by atoms with Crippen molar-refractivity contribution in [1.82, 2.24) is 9.78 Å². The van der Waals surface area contributed by atoms with Crippen LogP contribution in [0.15, 0.2) is 28.7 Å². The van der Waals surface area contributed by atoms with E-state index in [0.717, 1.165) is 15.9 Å². The molecule has 1 aromatic carbocycles. The second kappa shape index (κ2) is 5.44. The molecule has 0 radical (unpaired) electrons. The molecule has 100 valence electrons. The zero-order valence-corrected chi connectivity index (χ0v) is 12.1. The van der Waals surface area contributed by atoms with E-state index < -0.39 is 5.97 Å². The number of aryl methyl sites for hydroxylation is 2. The van der Waals surface area contributed by atoms with E-state index in [2.05, 4.69) is 21.0 Å². The van der Waals surface area contributed by atoms with E-state index in [-0.39, 0.29) is 5.56 Å². The number of carbonyl (C=O) groups is 1. The van der Waals surface area contributed by atoms with Crippen molar-refractivity contribution < 1.29 is 14.6 Å². The van der Waals surface area contributed by atoms with Crippen molar-refractivity contribution >= 4 is 21.9 Å². The summed E-state index contributed by atoms with van der Waals surface area (Å²) in [5, 5.41) is 13.2. The molecule has 0 saturated heterocycles. The van der Waals surface area contributed by atoms with Crippen LogP contribution < -0.4 is 4.74 Å².